The maximum atomic E-state index is 13.6. The number of carbonyl (C=O) groups is 1. The van der Waals surface area contributed by atoms with Gasteiger partial charge < -0.3 is 20.3 Å². The fourth-order valence-electron chi connectivity index (χ4n) is 3.15. The lowest BCUT2D eigenvalue weighted by Crippen LogP contribution is -2.31. The SMILES string of the molecule is CCOc1cc2c(cc1NC(=O)C=CCN(C)C)C(Nc1ccc(F)c(Cl)c1)N(C#N)C=N2. The Balaban J connectivity index is 1.97. The minimum atomic E-state index is -0.667. The molecule has 1 heterocycles. The number of ether oxygens (including phenoxy) is 1. The van der Waals surface area contributed by atoms with Crippen LogP contribution in [0, 0.1) is 17.3 Å². The van der Waals surface area contributed by atoms with Crippen molar-refractivity contribution in [2.45, 2.75) is 13.1 Å². The summed E-state index contributed by atoms with van der Waals surface area (Å²) >= 11 is 5.91. The van der Waals surface area contributed by atoms with Crippen LogP contribution in [0.2, 0.25) is 5.02 Å². The van der Waals surface area contributed by atoms with Crippen molar-refractivity contribution in [2.24, 2.45) is 4.99 Å². The van der Waals surface area contributed by atoms with Crippen molar-refractivity contribution in [1.29, 1.82) is 5.26 Å². The van der Waals surface area contributed by atoms with Crippen LogP contribution in [-0.2, 0) is 4.79 Å². The van der Waals surface area contributed by atoms with Crippen molar-refractivity contribution in [3.05, 3.63) is 58.9 Å². The standard InChI is InChI=1S/C23H24ClFN6O2/c1-4-33-21-12-19-16(11-20(21)29-22(32)6-5-9-30(2)3)23(31(13-26)14-27-19)28-15-7-8-18(25)17(24)10-15/h5-8,10-12,14,23,28H,4,9H2,1-3H3,(H,29,32). The van der Waals surface area contributed by atoms with Crippen LogP contribution < -0.4 is 15.4 Å². The fourth-order valence-corrected chi connectivity index (χ4v) is 3.33. The van der Waals surface area contributed by atoms with E-state index in [1.165, 1.54) is 35.5 Å². The molecule has 1 aliphatic heterocycles. The molecule has 0 saturated carbocycles. The van der Waals surface area contributed by atoms with Crippen LogP contribution in [0.3, 0.4) is 0 Å². The Morgan fingerprint density at radius 2 is 2.18 bits per heavy atom. The Kier molecular flexibility index (Phi) is 7.87. The topological polar surface area (TPSA) is 93.0 Å². The van der Waals surface area contributed by atoms with Crippen LogP contribution in [-0.4, -0.2) is 49.3 Å². The maximum Gasteiger partial charge on any atom is 0.248 e. The Morgan fingerprint density at radius 3 is 2.85 bits per heavy atom. The third-order valence-corrected chi connectivity index (χ3v) is 4.95. The number of rotatable bonds is 8. The van der Waals surface area contributed by atoms with Gasteiger partial charge in [-0.25, -0.2) is 14.3 Å². The van der Waals surface area contributed by atoms with Gasteiger partial charge in [0, 0.05) is 29.9 Å². The highest BCUT2D eigenvalue weighted by Gasteiger charge is 2.27. The van der Waals surface area contributed by atoms with Gasteiger partial charge >= 0.3 is 0 Å². The van der Waals surface area contributed by atoms with Gasteiger partial charge in [-0.15, -0.1) is 0 Å². The molecule has 1 amide bonds. The summed E-state index contributed by atoms with van der Waals surface area (Å²) in [6.07, 6.45) is 5.98. The molecular weight excluding hydrogens is 447 g/mol. The first-order valence-corrected chi connectivity index (χ1v) is 10.6. The van der Waals surface area contributed by atoms with Crippen molar-refractivity contribution < 1.29 is 13.9 Å². The van der Waals surface area contributed by atoms with Crippen molar-refractivity contribution in [2.75, 3.05) is 37.9 Å². The van der Waals surface area contributed by atoms with Gasteiger partial charge in [0.05, 0.1) is 23.0 Å². The predicted octanol–water partition coefficient (Wildman–Crippen LogP) is 4.50. The van der Waals surface area contributed by atoms with E-state index in [2.05, 4.69) is 21.8 Å². The molecule has 33 heavy (non-hydrogen) atoms. The summed E-state index contributed by atoms with van der Waals surface area (Å²) in [4.78, 5) is 20.0. The van der Waals surface area contributed by atoms with E-state index in [4.69, 9.17) is 16.3 Å². The predicted molar refractivity (Wildman–Crippen MR) is 127 cm³/mol. The summed E-state index contributed by atoms with van der Waals surface area (Å²) in [5.74, 6) is -0.403. The number of halogens is 2. The molecule has 0 spiro atoms. The Bertz CT molecular complexity index is 1130. The van der Waals surface area contributed by atoms with Gasteiger partial charge in [0.2, 0.25) is 5.91 Å². The number of benzene rings is 2. The molecule has 0 fully saturated rings. The average molecular weight is 471 g/mol. The van der Waals surface area contributed by atoms with Crippen molar-refractivity contribution in [3.63, 3.8) is 0 Å². The van der Waals surface area contributed by atoms with Crippen LogP contribution in [0.4, 0.5) is 21.5 Å². The molecule has 2 aromatic carbocycles. The van der Waals surface area contributed by atoms with E-state index in [0.29, 0.717) is 41.5 Å². The van der Waals surface area contributed by atoms with Crippen LogP contribution in [0.25, 0.3) is 0 Å². The van der Waals surface area contributed by atoms with Crippen molar-refractivity contribution in [1.82, 2.24) is 9.80 Å². The first-order valence-electron chi connectivity index (χ1n) is 10.2. The Hall–Kier alpha value is -3.61. The van der Waals surface area contributed by atoms with Gasteiger partial charge in [-0.2, -0.15) is 5.26 Å². The summed E-state index contributed by atoms with van der Waals surface area (Å²) in [6, 6.07) is 7.61. The van der Waals surface area contributed by atoms with Crippen LogP contribution in [0.15, 0.2) is 47.5 Å². The number of fused-ring (bicyclic) bond motifs is 1. The number of anilines is 2. The number of hydrogen-bond donors (Lipinski definition) is 2. The molecule has 10 heteroatoms. The molecule has 2 N–H and O–H groups in total. The number of amides is 1. The highest BCUT2D eigenvalue weighted by molar-refractivity contribution is 6.31. The van der Waals surface area contributed by atoms with Crippen LogP contribution in [0.1, 0.15) is 18.7 Å². The summed E-state index contributed by atoms with van der Waals surface area (Å²) in [7, 11) is 3.81. The molecule has 0 saturated heterocycles. The van der Waals surface area contributed by atoms with E-state index in [0.717, 1.165) is 0 Å². The third kappa shape index (κ3) is 6.00. The van der Waals surface area contributed by atoms with E-state index in [1.54, 1.807) is 18.2 Å². The van der Waals surface area contributed by atoms with Gasteiger partial charge in [0.15, 0.2) is 6.19 Å². The highest BCUT2D eigenvalue weighted by atomic mass is 35.5. The second kappa shape index (κ2) is 10.8. The lowest BCUT2D eigenvalue weighted by molar-refractivity contribution is -0.111. The monoisotopic (exact) mass is 470 g/mol. The Morgan fingerprint density at radius 1 is 1.39 bits per heavy atom. The van der Waals surface area contributed by atoms with Gasteiger partial charge in [-0.1, -0.05) is 17.7 Å². The largest absolute Gasteiger partial charge is 0.492 e. The Labute approximate surface area is 196 Å². The van der Waals surface area contributed by atoms with E-state index in [-0.39, 0.29) is 10.9 Å². The zero-order valence-electron chi connectivity index (χ0n) is 18.5. The van der Waals surface area contributed by atoms with Gasteiger partial charge in [-0.05, 0) is 45.3 Å². The van der Waals surface area contributed by atoms with Gasteiger partial charge in [-0.3, -0.25) is 4.79 Å². The summed E-state index contributed by atoms with van der Waals surface area (Å²) in [5.41, 5.74) is 2.14. The normalized spacial score (nSPS) is 14.8. The van der Waals surface area contributed by atoms with Gasteiger partial charge in [0.25, 0.3) is 0 Å². The molecule has 0 radical (unpaired) electrons. The molecule has 2 aromatic rings. The molecular formula is C23H24ClFN6O2. The number of nitrogens with one attached hydrogen (secondary N) is 2. The lowest BCUT2D eigenvalue weighted by Gasteiger charge is -2.30. The molecule has 8 nitrogen and oxygen atoms in total. The molecule has 3 rings (SSSR count). The minimum Gasteiger partial charge on any atom is -0.492 e. The smallest absolute Gasteiger partial charge is 0.248 e. The fraction of sp³-hybridized carbons (Fsp3) is 0.261. The van der Waals surface area contributed by atoms with E-state index >= 15 is 0 Å². The summed E-state index contributed by atoms with van der Waals surface area (Å²) < 4.78 is 19.3. The third-order valence-electron chi connectivity index (χ3n) is 4.66. The van der Waals surface area contributed by atoms with Crippen LogP contribution >= 0.6 is 11.6 Å². The number of likely N-dealkylation sites (N-methyl/N-ethyl adjacent to an activating group) is 1. The average Bonchev–Trinajstić information content (AvgIpc) is 2.77. The zero-order valence-corrected chi connectivity index (χ0v) is 19.2. The molecule has 1 atom stereocenters. The summed E-state index contributed by atoms with van der Waals surface area (Å²) in [6.45, 7) is 2.85. The lowest BCUT2D eigenvalue weighted by atomic mass is 10.1. The first-order chi connectivity index (χ1) is 15.8. The van der Waals surface area contributed by atoms with E-state index < -0.39 is 12.0 Å². The zero-order chi connectivity index (χ0) is 24.0. The van der Waals surface area contributed by atoms with Gasteiger partial charge in [0.1, 0.15) is 24.1 Å². The second-order valence-electron chi connectivity index (χ2n) is 7.42. The minimum absolute atomic E-state index is 0.0441. The molecule has 1 unspecified atom stereocenters. The van der Waals surface area contributed by atoms with Crippen molar-refractivity contribution in [3.8, 4) is 11.9 Å². The quantitative estimate of drug-likeness (QED) is 0.436. The maximum absolute atomic E-state index is 13.6. The number of carbonyl (C=O) groups excluding carboxylic acids is 1. The van der Waals surface area contributed by atoms with Crippen molar-refractivity contribution >= 4 is 40.9 Å². The number of nitriles is 1. The second-order valence-corrected chi connectivity index (χ2v) is 7.83. The number of nitrogens with zero attached hydrogens (tertiary/aromatic N) is 4. The molecule has 0 aromatic heterocycles. The molecule has 0 aliphatic carbocycles. The van der Waals surface area contributed by atoms with E-state index in [9.17, 15) is 14.4 Å². The first kappa shape index (κ1) is 24.0. The highest BCUT2D eigenvalue weighted by Crippen LogP contribution is 2.40. The molecule has 1 aliphatic rings. The number of aliphatic imine (C=N–C) groups is 1. The summed E-state index contributed by atoms with van der Waals surface area (Å²) in [5, 5.41) is 15.6. The number of hydrogen-bond acceptors (Lipinski definition) is 7. The van der Waals surface area contributed by atoms with Crippen LogP contribution in [0.5, 0.6) is 5.75 Å². The molecule has 0 bridgehead atoms. The molecule has 172 valence electrons. The van der Waals surface area contributed by atoms with E-state index in [1.807, 2.05) is 25.9 Å².